The maximum absolute atomic E-state index is 11.9. The summed E-state index contributed by atoms with van der Waals surface area (Å²) in [5, 5.41) is 0. The van der Waals surface area contributed by atoms with E-state index in [2.05, 4.69) is 4.98 Å². The van der Waals surface area contributed by atoms with Crippen LogP contribution in [0.4, 0.5) is 4.79 Å². The third-order valence-corrected chi connectivity index (χ3v) is 3.21. The van der Waals surface area contributed by atoms with Gasteiger partial charge in [0.25, 0.3) is 0 Å². The molecule has 0 aliphatic carbocycles. The summed E-state index contributed by atoms with van der Waals surface area (Å²) in [4.78, 5) is 29.0. The molecule has 1 saturated heterocycles. The van der Waals surface area contributed by atoms with Crippen LogP contribution < -0.4 is 4.74 Å². The van der Waals surface area contributed by atoms with Gasteiger partial charge >= 0.3 is 12.1 Å². The number of pyridine rings is 1. The fraction of sp³-hybridized carbons (Fsp3) is 0.500. The normalized spacial score (nSPS) is 15.8. The number of esters is 1. The highest BCUT2D eigenvalue weighted by atomic mass is 16.6. The quantitative estimate of drug-likeness (QED) is 0.789. The monoisotopic (exact) mass is 278 g/mol. The standard InChI is InChI=1S/C14H18N2O4/c1-2-19-13(17)11-5-8-16(9-6-11)14(18)20-12-4-3-7-15-10-12/h3-4,7,10-11H,2,5-6,8-9H2,1H3. The van der Waals surface area contributed by atoms with Crippen molar-refractivity contribution < 1.29 is 19.1 Å². The zero-order chi connectivity index (χ0) is 14.4. The Morgan fingerprint density at radius 1 is 1.40 bits per heavy atom. The summed E-state index contributed by atoms with van der Waals surface area (Å²) in [5.74, 6) is 0.134. The molecule has 0 N–H and O–H groups in total. The summed E-state index contributed by atoms with van der Waals surface area (Å²) in [7, 11) is 0. The number of hydrogen-bond donors (Lipinski definition) is 0. The molecule has 0 bridgehead atoms. The van der Waals surface area contributed by atoms with E-state index in [0.717, 1.165) is 0 Å². The Balaban J connectivity index is 1.81. The average Bonchev–Trinajstić information content (AvgIpc) is 2.48. The van der Waals surface area contributed by atoms with E-state index in [-0.39, 0.29) is 11.9 Å². The van der Waals surface area contributed by atoms with Gasteiger partial charge in [0, 0.05) is 19.3 Å². The topological polar surface area (TPSA) is 68.7 Å². The number of nitrogens with zero attached hydrogens (tertiary/aromatic N) is 2. The minimum atomic E-state index is -0.402. The molecule has 1 aromatic rings. The van der Waals surface area contributed by atoms with Crippen LogP contribution in [0.1, 0.15) is 19.8 Å². The Hall–Kier alpha value is -2.11. The van der Waals surface area contributed by atoms with Crippen molar-refractivity contribution in [3.63, 3.8) is 0 Å². The maximum atomic E-state index is 11.9. The second-order valence-corrected chi connectivity index (χ2v) is 4.57. The molecule has 1 amide bonds. The summed E-state index contributed by atoms with van der Waals surface area (Å²) in [6.07, 6.45) is 3.92. The van der Waals surface area contributed by atoms with Crippen molar-refractivity contribution in [2.45, 2.75) is 19.8 Å². The number of likely N-dealkylation sites (tertiary alicyclic amines) is 1. The lowest BCUT2D eigenvalue weighted by molar-refractivity contribution is -0.149. The van der Waals surface area contributed by atoms with E-state index in [9.17, 15) is 9.59 Å². The van der Waals surface area contributed by atoms with Crippen LogP contribution in [0.2, 0.25) is 0 Å². The number of piperidine rings is 1. The molecule has 2 heterocycles. The van der Waals surface area contributed by atoms with Crippen molar-refractivity contribution >= 4 is 12.1 Å². The minimum Gasteiger partial charge on any atom is -0.466 e. The number of rotatable bonds is 3. The Kier molecular flexibility index (Phi) is 4.92. The van der Waals surface area contributed by atoms with Gasteiger partial charge in [-0.2, -0.15) is 0 Å². The van der Waals surface area contributed by atoms with Crippen molar-refractivity contribution in [2.24, 2.45) is 5.92 Å². The van der Waals surface area contributed by atoms with Crippen molar-refractivity contribution in [1.82, 2.24) is 9.88 Å². The smallest absolute Gasteiger partial charge is 0.415 e. The van der Waals surface area contributed by atoms with Gasteiger partial charge in [-0.25, -0.2) is 4.79 Å². The highest BCUT2D eigenvalue weighted by molar-refractivity contribution is 5.74. The van der Waals surface area contributed by atoms with Crippen LogP contribution in [-0.2, 0) is 9.53 Å². The minimum absolute atomic E-state index is 0.114. The SMILES string of the molecule is CCOC(=O)C1CCN(C(=O)Oc2cccnc2)CC1. The molecule has 1 aliphatic rings. The third kappa shape index (κ3) is 3.69. The Morgan fingerprint density at radius 3 is 2.75 bits per heavy atom. The van der Waals surface area contributed by atoms with Gasteiger partial charge in [-0.3, -0.25) is 9.78 Å². The predicted octanol–water partition coefficient (Wildman–Crippen LogP) is 1.86. The van der Waals surface area contributed by atoms with Gasteiger partial charge in [-0.05, 0) is 31.9 Å². The molecule has 108 valence electrons. The molecule has 6 heteroatoms. The molecule has 0 radical (unpaired) electrons. The fourth-order valence-electron chi connectivity index (χ4n) is 2.13. The van der Waals surface area contributed by atoms with Crippen LogP contribution in [0.5, 0.6) is 5.75 Å². The number of aromatic nitrogens is 1. The van der Waals surface area contributed by atoms with E-state index >= 15 is 0 Å². The highest BCUT2D eigenvalue weighted by Crippen LogP contribution is 2.20. The first-order valence-electron chi connectivity index (χ1n) is 6.74. The summed E-state index contributed by atoms with van der Waals surface area (Å²) in [6, 6.07) is 3.38. The number of hydrogen-bond acceptors (Lipinski definition) is 5. The van der Waals surface area contributed by atoms with E-state index in [1.54, 1.807) is 30.2 Å². The molecule has 0 aromatic carbocycles. The van der Waals surface area contributed by atoms with Gasteiger partial charge in [-0.15, -0.1) is 0 Å². The van der Waals surface area contributed by atoms with E-state index in [1.807, 2.05) is 0 Å². The molecule has 0 atom stereocenters. The number of carbonyl (C=O) groups excluding carboxylic acids is 2. The molecule has 1 aromatic heterocycles. The lowest BCUT2D eigenvalue weighted by Gasteiger charge is -2.29. The van der Waals surface area contributed by atoms with Gasteiger partial charge in [0.15, 0.2) is 5.75 Å². The van der Waals surface area contributed by atoms with E-state index in [4.69, 9.17) is 9.47 Å². The fourth-order valence-corrected chi connectivity index (χ4v) is 2.13. The van der Waals surface area contributed by atoms with E-state index < -0.39 is 6.09 Å². The summed E-state index contributed by atoms with van der Waals surface area (Å²) in [6.45, 7) is 3.19. The van der Waals surface area contributed by atoms with Crippen molar-refractivity contribution in [1.29, 1.82) is 0 Å². The first-order chi connectivity index (χ1) is 9.70. The van der Waals surface area contributed by atoms with Gasteiger partial charge < -0.3 is 14.4 Å². The zero-order valence-corrected chi connectivity index (χ0v) is 11.4. The largest absolute Gasteiger partial charge is 0.466 e. The van der Waals surface area contributed by atoms with Crippen LogP contribution in [0.15, 0.2) is 24.5 Å². The lowest BCUT2D eigenvalue weighted by atomic mass is 9.97. The van der Waals surface area contributed by atoms with Crippen molar-refractivity contribution in [3.8, 4) is 5.75 Å². The number of amides is 1. The van der Waals surface area contributed by atoms with Crippen LogP contribution in [-0.4, -0.2) is 41.6 Å². The Bertz CT molecular complexity index is 456. The molecular formula is C14H18N2O4. The second kappa shape index (κ2) is 6.88. The second-order valence-electron chi connectivity index (χ2n) is 4.57. The molecule has 1 aliphatic heterocycles. The Morgan fingerprint density at radius 2 is 2.15 bits per heavy atom. The van der Waals surface area contributed by atoms with Crippen molar-refractivity contribution in [2.75, 3.05) is 19.7 Å². The van der Waals surface area contributed by atoms with Gasteiger partial charge in [0.05, 0.1) is 18.7 Å². The highest BCUT2D eigenvalue weighted by Gasteiger charge is 2.29. The molecule has 0 unspecified atom stereocenters. The lowest BCUT2D eigenvalue weighted by Crippen LogP contribution is -2.42. The van der Waals surface area contributed by atoms with Crippen LogP contribution >= 0.6 is 0 Å². The Labute approximate surface area is 117 Å². The molecule has 6 nitrogen and oxygen atoms in total. The van der Waals surface area contributed by atoms with Crippen LogP contribution in [0, 0.1) is 5.92 Å². The molecular weight excluding hydrogens is 260 g/mol. The van der Waals surface area contributed by atoms with Gasteiger partial charge in [0.2, 0.25) is 0 Å². The van der Waals surface area contributed by atoms with Crippen molar-refractivity contribution in [3.05, 3.63) is 24.5 Å². The van der Waals surface area contributed by atoms with Crippen LogP contribution in [0.25, 0.3) is 0 Å². The molecule has 2 rings (SSSR count). The molecule has 0 spiro atoms. The van der Waals surface area contributed by atoms with E-state index in [1.165, 1.54) is 6.20 Å². The number of carbonyl (C=O) groups is 2. The summed E-state index contributed by atoms with van der Waals surface area (Å²) >= 11 is 0. The average molecular weight is 278 g/mol. The third-order valence-electron chi connectivity index (χ3n) is 3.21. The van der Waals surface area contributed by atoms with Gasteiger partial charge in [0.1, 0.15) is 0 Å². The summed E-state index contributed by atoms with van der Waals surface area (Å²) < 4.78 is 10.2. The molecule has 1 fully saturated rings. The zero-order valence-electron chi connectivity index (χ0n) is 11.4. The molecule has 0 saturated carbocycles. The van der Waals surface area contributed by atoms with Gasteiger partial charge in [-0.1, -0.05) is 0 Å². The molecule has 20 heavy (non-hydrogen) atoms. The summed E-state index contributed by atoms with van der Waals surface area (Å²) in [5.41, 5.74) is 0. The van der Waals surface area contributed by atoms with E-state index in [0.29, 0.717) is 38.3 Å². The van der Waals surface area contributed by atoms with Crippen LogP contribution in [0.3, 0.4) is 0 Å². The number of ether oxygens (including phenoxy) is 2. The first-order valence-corrected chi connectivity index (χ1v) is 6.74. The predicted molar refractivity (Wildman–Crippen MR) is 71.2 cm³/mol. The maximum Gasteiger partial charge on any atom is 0.415 e. The first kappa shape index (κ1) is 14.3.